The molecule has 4 heteroatoms. The largest absolute Gasteiger partial charge is 0.480 e. The van der Waals surface area contributed by atoms with Crippen molar-refractivity contribution in [2.75, 3.05) is 0 Å². The molecule has 0 heterocycles. The molecule has 0 fully saturated rings. The van der Waals surface area contributed by atoms with E-state index >= 15 is 0 Å². The molecule has 1 rings (SSSR count). The second kappa shape index (κ2) is 4.99. The van der Waals surface area contributed by atoms with Crippen molar-refractivity contribution in [2.24, 2.45) is 5.41 Å². The van der Waals surface area contributed by atoms with Gasteiger partial charge in [0.2, 0.25) is 5.91 Å². The van der Waals surface area contributed by atoms with Crippen molar-refractivity contribution in [2.45, 2.75) is 27.3 Å². The van der Waals surface area contributed by atoms with Crippen LogP contribution < -0.4 is 5.32 Å². The number of amides is 1. The summed E-state index contributed by atoms with van der Waals surface area (Å²) in [5, 5.41) is 11.5. The molecule has 0 radical (unpaired) electrons. The Morgan fingerprint density at radius 1 is 1.24 bits per heavy atom. The SMILES string of the molecule is Cc1ccc(CNC(=O)C(C)(C)C(=O)O)cc1. The van der Waals surface area contributed by atoms with Crippen molar-refractivity contribution in [3.63, 3.8) is 0 Å². The van der Waals surface area contributed by atoms with Gasteiger partial charge in [-0.3, -0.25) is 9.59 Å². The fourth-order valence-corrected chi connectivity index (χ4v) is 1.21. The number of carbonyl (C=O) groups is 2. The lowest BCUT2D eigenvalue weighted by atomic mass is 9.92. The summed E-state index contributed by atoms with van der Waals surface area (Å²) in [6.45, 7) is 5.10. The predicted molar refractivity (Wildman–Crippen MR) is 64.4 cm³/mol. The first kappa shape index (κ1) is 13.2. The van der Waals surface area contributed by atoms with E-state index in [1.807, 2.05) is 31.2 Å². The Bertz CT molecular complexity index is 421. The van der Waals surface area contributed by atoms with Gasteiger partial charge in [-0.15, -0.1) is 0 Å². The molecule has 0 aromatic heterocycles. The van der Waals surface area contributed by atoms with Crippen LogP contribution >= 0.6 is 0 Å². The van der Waals surface area contributed by atoms with E-state index in [1.54, 1.807) is 0 Å². The number of benzene rings is 1. The summed E-state index contributed by atoms with van der Waals surface area (Å²) < 4.78 is 0. The lowest BCUT2D eigenvalue weighted by molar-refractivity contribution is -0.153. The van der Waals surface area contributed by atoms with Crippen molar-refractivity contribution in [1.29, 1.82) is 0 Å². The molecule has 92 valence electrons. The Labute approximate surface area is 101 Å². The van der Waals surface area contributed by atoms with E-state index in [0.29, 0.717) is 6.54 Å². The van der Waals surface area contributed by atoms with Gasteiger partial charge in [0.25, 0.3) is 0 Å². The van der Waals surface area contributed by atoms with Crippen LogP contribution in [0.2, 0.25) is 0 Å². The van der Waals surface area contributed by atoms with Crippen LogP contribution in [0.5, 0.6) is 0 Å². The first-order valence-corrected chi connectivity index (χ1v) is 5.41. The number of hydrogen-bond donors (Lipinski definition) is 2. The highest BCUT2D eigenvalue weighted by Crippen LogP contribution is 2.15. The minimum Gasteiger partial charge on any atom is -0.480 e. The lowest BCUT2D eigenvalue weighted by Crippen LogP contribution is -2.41. The lowest BCUT2D eigenvalue weighted by Gasteiger charge is -2.18. The molecule has 0 atom stereocenters. The quantitative estimate of drug-likeness (QED) is 0.781. The fourth-order valence-electron chi connectivity index (χ4n) is 1.21. The number of nitrogens with one attached hydrogen (secondary N) is 1. The van der Waals surface area contributed by atoms with Gasteiger partial charge in [-0.2, -0.15) is 0 Å². The third kappa shape index (κ3) is 3.31. The molecule has 0 saturated carbocycles. The highest BCUT2D eigenvalue weighted by Gasteiger charge is 2.35. The number of carboxylic acids is 1. The molecule has 0 aliphatic carbocycles. The number of aliphatic carboxylic acids is 1. The minimum atomic E-state index is -1.40. The normalized spacial score (nSPS) is 11.0. The van der Waals surface area contributed by atoms with Gasteiger partial charge in [0, 0.05) is 6.54 Å². The molecule has 1 aromatic rings. The maximum absolute atomic E-state index is 11.7. The zero-order valence-electron chi connectivity index (χ0n) is 10.3. The highest BCUT2D eigenvalue weighted by molar-refractivity contribution is 6.00. The second-order valence-electron chi connectivity index (χ2n) is 4.60. The van der Waals surface area contributed by atoms with E-state index in [4.69, 9.17) is 5.11 Å². The van der Waals surface area contributed by atoms with E-state index in [2.05, 4.69) is 5.32 Å². The molecular formula is C13H17NO3. The Balaban J connectivity index is 2.60. The maximum Gasteiger partial charge on any atom is 0.318 e. The van der Waals surface area contributed by atoms with Gasteiger partial charge in [-0.25, -0.2) is 0 Å². The number of aryl methyl sites for hydroxylation is 1. The number of hydrogen-bond acceptors (Lipinski definition) is 2. The Morgan fingerprint density at radius 2 is 1.76 bits per heavy atom. The number of carboxylic acid groups (broad SMARTS) is 1. The van der Waals surface area contributed by atoms with E-state index in [-0.39, 0.29) is 0 Å². The molecule has 2 N–H and O–H groups in total. The van der Waals surface area contributed by atoms with Gasteiger partial charge in [0.1, 0.15) is 5.41 Å². The average molecular weight is 235 g/mol. The number of rotatable bonds is 4. The summed E-state index contributed by atoms with van der Waals surface area (Å²) in [5.41, 5.74) is 0.695. The molecule has 0 aliphatic rings. The van der Waals surface area contributed by atoms with Crippen molar-refractivity contribution < 1.29 is 14.7 Å². The van der Waals surface area contributed by atoms with Gasteiger partial charge in [-0.05, 0) is 26.3 Å². The van der Waals surface area contributed by atoms with Crippen LogP contribution in [0.4, 0.5) is 0 Å². The van der Waals surface area contributed by atoms with Gasteiger partial charge in [0.05, 0.1) is 0 Å². The number of carbonyl (C=O) groups excluding carboxylic acids is 1. The third-order valence-electron chi connectivity index (χ3n) is 2.68. The van der Waals surface area contributed by atoms with Crippen molar-refractivity contribution >= 4 is 11.9 Å². The summed E-state index contributed by atoms with van der Waals surface area (Å²) in [7, 11) is 0. The van der Waals surface area contributed by atoms with Crippen LogP contribution in [0.25, 0.3) is 0 Å². The third-order valence-corrected chi connectivity index (χ3v) is 2.68. The zero-order chi connectivity index (χ0) is 13.1. The molecule has 0 unspecified atom stereocenters. The summed E-state index contributed by atoms with van der Waals surface area (Å²) in [6.07, 6.45) is 0. The minimum absolute atomic E-state index is 0.343. The van der Waals surface area contributed by atoms with Gasteiger partial charge in [0.15, 0.2) is 0 Å². The molecule has 0 bridgehead atoms. The summed E-state index contributed by atoms with van der Waals surface area (Å²) >= 11 is 0. The maximum atomic E-state index is 11.7. The molecule has 17 heavy (non-hydrogen) atoms. The standard InChI is InChI=1S/C13H17NO3/c1-9-4-6-10(7-5-9)8-14-11(15)13(2,3)12(16)17/h4-7H,8H2,1-3H3,(H,14,15)(H,16,17). The Hall–Kier alpha value is -1.84. The Morgan fingerprint density at radius 3 is 2.24 bits per heavy atom. The summed E-state index contributed by atoms with van der Waals surface area (Å²) in [5.74, 6) is -1.61. The summed E-state index contributed by atoms with van der Waals surface area (Å²) in [4.78, 5) is 22.5. The van der Waals surface area contributed by atoms with Crippen LogP contribution in [-0.2, 0) is 16.1 Å². The van der Waals surface area contributed by atoms with Crippen molar-refractivity contribution in [1.82, 2.24) is 5.32 Å². The first-order chi connectivity index (χ1) is 7.84. The summed E-state index contributed by atoms with van der Waals surface area (Å²) in [6, 6.07) is 7.71. The van der Waals surface area contributed by atoms with E-state index in [1.165, 1.54) is 13.8 Å². The van der Waals surface area contributed by atoms with Crippen LogP contribution in [0.1, 0.15) is 25.0 Å². The molecule has 1 aromatic carbocycles. The van der Waals surface area contributed by atoms with Gasteiger partial charge in [-0.1, -0.05) is 29.8 Å². The smallest absolute Gasteiger partial charge is 0.318 e. The van der Waals surface area contributed by atoms with Gasteiger partial charge < -0.3 is 10.4 Å². The van der Waals surface area contributed by atoms with Gasteiger partial charge >= 0.3 is 5.97 Å². The molecule has 4 nitrogen and oxygen atoms in total. The van der Waals surface area contributed by atoms with E-state index in [0.717, 1.165) is 11.1 Å². The molecular weight excluding hydrogens is 218 g/mol. The highest BCUT2D eigenvalue weighted by atomic mass is 16.4. The molecule has 1 amide bonds. The van der Waals surface area contributed by atoms with Crippen LogP contribution in [0.15, 0.2) is 24.3 Å². The zero-order valence-corrected chi connectivity index (χ0v) is 10.3. The topological polar surface area (TPSA) is 66.4 Å². The fraction of sp³-hybridized carbons (Fsp3) is 0.385. The first-order valence-electron chi connectivity index (χ1n) is 5.41. The monoisotopic (exact) mass is 235 g/mol. The van der Waals surface area contributed by atoms with Crippen molar-refractivity contribution in [3.05, 3.63) is 35.4 Å². The second-order valence-corrected chi connectivity index (χ2v) is 4.60. The van der Waals surface area contributed by atoms with E-state index < -0.39 is 17.3 Å². The molecule has 0 aliphatic heterocycles. The van der Waals surface area contributed by atoms with E-state index in [9.17, 15) is 9.59 Å². The van der Waals surface area contributed by atoms with Crippen LogP contribution in [0, 0.1) is 12.3 Å². The average Bonchev–Trinajstić information content (AvgIpc) is 2.27. The Kier molecular flexibility index (Phi) is 3.89. The molecule has 0 saturated heterocycles. The van der Waals surface area contributed by atoms with Crippen LogP contribution in [-0.4, -0.2) is 17.0 Å². The molecule has 0 spiro atoms. The van der Waals surface area contributed by atoms with Crippen LogP contribution in [0.3, 0.4) is 0 Å². The predicted octanol–water partition coefficient (Wildman–Crippen LogP) is 1.72. The van der Waals surface area contributed by atoms with Crippen molar-refractivity contribution in [3.8, 4) is 0 Å².